The van der Waals surface area contributed by atoms with Crippen LogP contribution in [0.15, 0.2) is 30.3 Å². The molecule has 0 unspecified atom stereocenters. The van der Waals surface area contributed by atoms with Crippen LogP contribution in [0.5, 0.6) is 0 Å². The van der Waals surface area contributed by atoms with Crippen molar-refractivity contribution in [2.75, 3.05) is 13.1 Å². The first kappa shape index (κ1) is 12.2. The molecule has 2 nitrogen and oxygen atoms in total. The van der Waals surface area contributed by atoms with Gasteiger partial charge in [0.15, 0.2) is 0 Å². The van der Waals surface area contributed by atoms with Gasteiger partial charge in [0.25, 0.3) is 0 Å². The van der Waals surface area contributed by atoms with Crippen LogP contribution in [0.25, 0.3) is 0 Å². The topological polar surface area (TPSA) is 38.0 Å². The van der Waals surface area contributed by atoms with Crippen molar-refractivity contribution >= 4 is 0 Å². The molecule has 0 aromatic heterocycles. The van der Waals surface area contributed by atoms with E-state index in [0.29, 0.717) is 0 Å². The van der Waals surface area contributed by atoms with Crippen molar-refractivity contribution in [1.82, 2.24) is 5.32 Å². The lowest BCUT2D eigenvalue weighted by atomic mass is 10.1. The molecule has 0 fully saturated rings. The number of aryl methyl sites for hydroxylation is 1. The Labute approximate surface area is 92.9 Å². The molecule has 0 saturated heterocycles. The van der Waals surface area contributed by atoms with Gasteiger partial charge in [0, 0.05) is 12.6 Å². The van der Waals surface area contributed by atoms with E-state index in [1.54, 1.807) is 0 Å². The number of nitrogens with one attached hydrogen (secondary N) is 1. The van der Waals surface area contributed by atoms with Gasteiger partial charge in [-0.1, -0.05) is 37.3 Å². The summed E-state index contributed by atoms with van der Waals surface area (Å²) in [4.78, 5) is 0. The van der Waals surface area contributed by atoms with Gasteiger partial charge in [-0.2, -0.15) is 0 Å². The van der Waals surface area contributed by atoms with Gasteiger partial charge in [0.05, 0.1) is 0 Å². The molecule has 0 radical (unpaired) electrons. The molecule has 0 saturated carbocycles. The molecular weight excluding hydrogens is 184 g/mol. The Balaban J connectivity index is 2.14. The first-order valence-electron chi connectivity index (χ1n) is 5.83. The minimum absolute atomic E-state index is 0.275. The maximum atomic E-state index is 6.00. The van der Waals surface area contributed by atoms with Gasteiger partial charge in [-0.25, -0.2) is 0 Å². The van der Waals surface area contributed by atoms with Crippen molar-refractivity contribution in [3.05, 3.63) is 35.9 Å². The smallest absolute Gasteiger partial charge is 0.0168 e. The Hall–Kier alpha value is -0.860. The molecule has 0 aliphatic heterocycles. The molecule has 15 heavy (non-hydrogen) atoms. The summed E-state index contributed by atoms with van der Waals surface area (Å²) in [6.45, 7) is 4.17. The molecule has 0 spiro atoms. The third-order valence-electron chi connectivity index (χ3n) is 2.48. The fraction of sp³-hybridized carbons (Fsp3) is 0.538. The van der Waals surface area contributed by atoms with Crippen LogP contribution in [0.4, 0.5) is 0 Å². The highest BCUT2D eigenvalue weighted by Gasteiger charge is 2.01. The van der Waals surface area contributed by atoms with Gasteiger partial charge in [-0.15, -0.1) is 0 Å². The molecule has 0 aliphatic rings. The fourth-order valence-electron chi connectivity index (χ4n) is 1.56. The predicted molar refractivity (Wildman–Crippen MR) is 65.9 cm³/mol. The second kappa shape index (κ2) is 7.43. The van der Waals surface area contributed by atoms with E-state index in [1.165, 1.54) is 12.0 Å². The van der Waals surface area contributed by atoms with Crippen LogP contribution >= 0.6 is 0 Å². The SMILES string of the molecule is CCCNC[C@@H](N)CCc1ccccc1. The molecular formula is C13H22N2. The number of hydrogen-bond donors (Lipinski definition) is 2. The largest absolute Gasteiger partial charge is 0.327 e. The molecule has 0 heterocycles. The summed E-state index contributed by atoms with van der Waals surface area (Å²) in [5.74, 6) is 0. The van der Waals surface area contributed by atoms with Crippen LogP contribution in [0.2, 0.25) is 0 Å². The Kier molecular flexibility index (Phi) is 6.05. The molecule has 1 atom stereocenters. The van der Waals surface area contributed by atoms with E-state index >= 15 is 0 Å². The summed E-state index contributed by atoms with van der Waals surface area (Å²) >= 11 is 0. The Morgan fingerprint density at radius 3 is 2.67 bits per heavy atom. The van der Waals surface area contributed by atoms with Crippen molar-refractivity contribution in [3.63, 3.8) is 0 Å². The molecule has 3 N–H and O–H groups in total. The maximum Gasteiger partial charge on any atom is 0.0168 e. The molecule has 0 aliphatic carbocycles. The number of benzene rings is 1. The number of nitrogens with two attached hydrogens (primary N) is 1. The van der Waals surface area contributed by atoms with E-state index in [0.717, 1.165) is 25.9 Å². The third-order valence-corrected chi connectivity index (χ3v) is 2.48. The zero-order chi connectivity index (χ0) is 10.9. The van der Waals surface area contributed by atoms with Crippen molar-refractivity contribution in [2.24, 2.45) is 5.73 Å². The standard InChI is InChI=1S/C13H22N2/c1-2-10-15-11-13(14)9-8-12-6-4-3-5-7-12/h3-7,13,15H,2,8-11,14H2,1H3/t13-/m0/s1. The number of rotatable bonds is 7. The van der Waals surface area contributed by atoms with Gasteiger partial charge < -0.3 is 11.1 Å². The van der Waals surface area contributed by atoms with Crippen molar-refractivity contribution < 1.29 is 0 Å². The van der Waals surface area contributed by atoms with E-state index in [2.05, 4.69) is 36.5 Å². The normalized spacial score (nSPS) is 12.7. The lowest BCUT2D eigenvalue weighted by Gasteiger charge is -2.12. The van der Waals surface area contributed by atoms with Gasteiger partial charge in [0.1, 0.15) is 0 Å². The van der Waals surface area contributed by atoms with Crippen LogP contribution in [-0.4, -0.2) is 19.1 Å². The predicted octanol–water partition coefficient (Wildman–Crippen LogP) is 1.95. The van der Waals surface area contributed by atoms with Gasteiger partial charge >= 0.3 is 0 Å². The zero-order valence-electron chi connectivity index (χ0n) is 9.58. The van der Waals surface area contributed by atoms with Gasteiger partial charge in [-0.05, 0) is 31.4 Å². The third kappa shape index (κ3) is 5.55. The average Bonchev–Trinajstić information content (AvgIpc) is 2.28. The lowest BCUT2D eigenvalue weighted by Crippen LogP contribution is -2.34. The summed E-state index contributed by atoms with van der Waals surface area (Å²) in [5.41, 5.74) is 7.38. The minimum atomic E-state index is 0.275. The minimum Gasteiger partial charge on any atom is -0.327 e. The van der Waals surface area contributed by atoms with Gasteiger partial charge in [-0.3, -0.25) is 0 Å². The van der Waals surface area contributed by atoms with Crippen LogP contribution in [0.1, 0.15) is 25.3 Å². The van der Waals surface area contributed by atoms with Crippen molar-refractivity contribution in [3.8, 4) is 0 Å². The van der Waals surface area contributed by atoms with E-state index in [4.69, 9.17) is 5.73 Å². The Morgan fingerprint density at radius 2 is 2.00 bits per heavy atom. The fourth-order valence-corrected chi connectivity index (χ4v) is 1.56. The van der Waals surface area contributed by atoms with Crippen molar-refractivity contribution in [1.29, 1.82) is 0 Å². The molecule has 1 rings (SSSR count). The Morgan fingerprint density at radius 1 is 1.27 bits per heavy atom. The first-order valence-corrected chi connectivity index (χ1v) is 5.83. The molecule has 0 amide bonds. The molecule has 2 heteroatoms. The van der Waals surface area contributed by atoms with Crippen LogP contribution < -0.4 is 11.1 Å². The number of hydrogen-bond acceptors (Lipinski definition) is 2. The summed E-state index contributed by atoms with van der Waals surface area (Å²) in [6, 6.07) is 10.8. The summed E-state index contributed by atoms with van der Waals surface area (Å²) in [5, 5.41) is 3.35. The maximum absolute atomic E-state index is 6.00. The Bertz CT molecular complexity index is 246. The average molecular weight is 206 g/mol. The molecule has 1 aromatic carbocycles. The summed E-state index contributed by atoms with van der Waals surface area (Å²) < 4.78 is 0. The van der Waals surface area contributed by atoms with Gasteiger partial charge in [0.2, 0.25) is 0 Å². The lowest BCUT2D eigenvalue weighted by molar-refractivity contribution is 0.543. The highest BCUT2D eigenvalue weighted by Crippen LogP contribution is 2.03. The highest BCUT2D eigenvalue weighted by molar-refractivity contribution is 5.14. The quantitative estimate of drug-likeness (QED) is 0.669. The molecule has 84 valence electrons. The second-order valence-electron chi connectivity index (χ2n) is 3.99. The van der Waals surface area contributed by atoms with E-state index in [-0.39, 0.29) is 6.04 Å². The first-order chi connectivity index (χ1) is 7.33. The molecule has 0 bridgehead atoms. The van der Waals surface area contributed by atoms with Crippen LogP contribution in [0, 0.1) is 0 Å². The van der Waals surface area contributed by atoms with Crippen molar-refractivity contribution in [2.45, 2.75) is 32.2 Å². The monoisotopic (exact) mass is 206 g/mol. The summed E-state index contributed by atoms with van der Waals surface area (Å²) in [6.07, 6.45) is 3.31. The van der Waals surface area contributed by atoms with Crippen LogP contribution in [0.3, 0.4) is 0 Å². The van der Waals surface area contributed by atoms with E-state index in [1.807, 2.05) is 6.07 Å². The highest BCUT2D eigenvalue weighted by atomic mass is 14.9. The van der Waals surface area contributed by atoms with Crippen LogP contribution in [-0.2, 0) is 6.42 Å². The molecule has 1 aromatic rings. The summed E-state index contributed by atoms with van der Waals surface area (Å²) in [7, 11) is 0. The van der Waals surface area contributed by atoms with E-state index < -0.39 is 0 Å². The zero-order valence-corrected chi connectivity index (χ0v) is 9.58. The van der Waals surface area contributed by atoms with E-state index in [9.17, 15) is 0 Å². The second-order valence-corrected chi connectivity index (χ2v) is 3.99.